The maximum atomic E-state index is 6.38. The average Bonchev–Trinajstić information content (AvgIpc) is 3.31. The van der Waals surface area contributed by atoms with Crippen LogP contribution in [-0.2, 0) is 0 Å². The second-order valence-electron chi connectivity index (χ2n) is 8.76. The van der Waals surface area contributed by atoms with Crippen LogP contribution in [0, 0.1) is 0 Å². The molecule has 31 heavy (non-hydrogen) atoms. The van der Waals surface area contributed by atoms with Crippen molar-refractivity contribution in [1.82, 2.24) is 9.88 Å². The van der Waals surface area contributed by atoms with Crippen LogP contribution < -0.4 is 4.74 Å². The van der Waals surface area contributed by atoms with Gasteiger partial charge in [-0.2, -0.15) is 0 Å². The predicted octanol–water partition coefficient (Wildman–Crippen LogP) is 6.78. The standard InChI is InChI=1S/C28H30N2O/c1-20(27-13-14-28(29-27)23-7-4-3-5-8-23)31-24-12-11-21-9-6-10-25(26(21)19-24)22-15-17-30(2)18-16-22/h3-14,19-20,22,29H,15-18H2,1-2H3. The summed E-state index contributed by atoms with van der Waals surface area (Å²) in [6.45, 7) is 4.45. The van der Waals surface area contributed by atoms with Crippen molar-refractivity contribution in [2.24, 2.45) is 0 Å². The Hall–Kier alpha value is -3.04. The van der Waals surface area contributed by atoms with E-state index in [-0.39, 0.29) is 6.10 Å². The minimum atomic E-state index is -0.0506. The van der Waals surface area contributed by atoms with E-state index < -0.39 is 0 Å². The molecule has 1 aliphatic rings. The van der Waals surface area contributed by atoms with Crippen molar-refractivity contribution < 1.29 is 4.74 Å². The molecule has 3 heteroatoms. The summed E-state index contributed by atoms with van der Waals surface area (Å²) in [5, 5.41) is 2.63. The maximum Gasteiger partial charge on any atom is 0.136 e. The van der Waals surface area contributed by atoms with Crippen molar-refractivity contribution in [3.05, 3.63) is 90.1 Å². The molecule has 4 aromatic rings. The Labute approximate surface area is 184 Å². The third-order valence-electron chi connectivity index (χ3n) is 6.59. The molecule has 0 amide bonds. The van der Waals surface area contributed by atoms with Gasteiger partial charge in [0.25, 0.3) is 0 Å². The molecule has 158 valence electrons. The van der Waals surface area contributed by atoms with E-state index in [1.54, 1.807) is 0 Å². The van der Waals surface area contributed by atoms with Crippen LogP contribution in [0.15, 0.2) is 78.9 Å². The number of hydrogen-bond donors (Lipinski definition) is 1. The van der Waals surface area contributed by atoms with Gasteiger partial charge < -0.3 is 14.6 Å². The molecule has 1 unspecified atom stereocenters. The van der Waals surface area contributed by atoms with Gasteiger partial charge in [0.2, 0.25) is 0 Å². The van der Waals surface area contributed by atoms with Crippen molar-refractivity contribution in [3.63, 3.8) is 0 Å². The lowest BCUT2D eigenvalue weighted by Crippen LogP contribution is -2.29. The third kappa shape index (κ3) is 4.24. The van der Waals surface area contributed by atoms with E-state index in [4.69, 9.17) is 4.74 Å². The molecule has 0 radical (unpaired) electrons. The molecule has 3 nitrogen and oxygen atoms in total. The molecular weight excluding hydrogens is 380 g/mol. The molecule has 1 aliphatic heterocycles. The number of H-pyrrole nitrogens is 1. The van der Waals surface area contributed by atoms with E-state index in [0.717, 1.165) is 17.1 Å². The Morgan fingerprint density at radius 1 is 0.903 bits per heavy atom. The van der Waals surface area contributed by atoms with Crippen molar-refractivity contribution >= 4 is 10.8 Å². The molecule has 1 saturated heterocycles. The lowest BCUT2D eigenvalue weighted by Gasteiger charge is -2.30. The zero-order chi connectivity index (χ0) is 21.2. The number of hydrogen-bond acceptors (Lipinski definition) is 2. The minimum Gasteiger partial charge on any atom is -0.484 e. The summed E-state index contributed by atoms with van der Waals surface area (Å²) in [5.41, 5.74) is 4.86. The molecule has 2 heterocycles. The van der Waals surface area contributed by atoms with Crippen LogP contribution in [0.25, 0.3) is 22.0 Å². The molecule has 0 saturated carbocycles. The molecule has 1 N–H and O–H groups in total. The van der Waals surface area contributed by atoms with Crippen LogP contribution in [0.5, 0.6) is 5.75 Å². The van der Waals surface area contributed by atoms with Crippen LogP contribution in [0.2, 0.25) is 0 Å². The molecule has 5 rings (SSSR count). The van der Waals surface area contributed by atoms with Crippen molar-refractivity contribution in [2.45, 2.75) is 31.8 Å². The summed E-state index contributed by atoms with van der Waals surface area (Å²) in [6.07, 6.45) is 2.40. The number of aromatic nitrogens is 1. The first-order valence-electron chi connectivity index (χ1n) is 11.3. The number of rotatable bonds is 5. The van der Waals surface area contributed by atoms with E-state index >= 15 is 0 Å². The number of aromatic amines is 1. The van der Waals surface area contributed by atoms with Crippen LogP contribution in [-0.4, -0.2) is 30.0 Å². The minimum absolute atomic E-state index is 0.0506. The predicted molar refractivity (Wildman–Crippen MR) is 129 cm³/mol. The smallest absolute Gasteiger partial charge is 0.136 e. The molecule has 0 bridgehead atoms. The van der Waals surface area contributed by atoms with Crippen molar-refractivity contribution in [1.29, 1.82) is 0 Å². The lowest BCUT2D eigenvalue weighted by atomic mass is 9.86. The van der Waals surface area contributed by atoms with Gasteiger partial charge in [0.15, 0.2) is 0 Å². The van der Waals surface area contributed by atoms with Gasteiger partial charge in [-0.15, -0.1) is 0 Å². The SMILES string of the molecule is CC(Oc1ccc2cccc(C3CCN(C)CC3)c2c1)c1ccc(-c2ccccc2)[nH]1. The molecule has 1 atom stereocenters. The highest BCUT2D eigenvalue weighted by Gasteiger charge is 2.20. The zero-order valence-electron chi connectivity index (χ0n) is 18.3. The van der Waals surface area contributed by atoms with Crippen LogP contribution in [0.4, 0.5) is 0 Å². The zero-order valence-corrected chi connectivity index (χ0v) is 18.3. The number of piperidine rings is 1. The van der Waals surface area contributed by atoms with E-state index in [0.29, 0.717) is 5.92 Å². The number of benzene rings is 3. The molecule has 0 aliphatic carbocycles. The van der Waals surface area contributed by atoms with Gasteiger partial charge in [-0.05, 0) is 92.0 Å². The molecular formula is C28H30N2O. The summed E-state index contributed by atoms with van der Waals surface area (Å²) < 4.78 is 6.38. The number of fused-ring (bicyclic) bond motifs is 1. The van der Waals surface area contributed by atoms with Gasteiger partial charge in [-0.25, -0.2) is 0 Å². The number of nitrogens with zero attached hydrogens (tertiary/aromatic N) is 1. The Morgan fingerprint density at radius 3 is 2.52 bits per heavy atom. The van der Waals surface area contributed by atoms with Gasteiger partial charge in [0, 0.05) is 5.69 Å². The fourth-order valence-electron chi connectivity index (χ4n) is 4.73. The van der Waals surface area contributed by atoms with E-state index in [2.05, 4.69) is 96.7 Å². The lowest BCUT2D eigenvalue weighted by molar-refractivity contribution is 0.223. The number of ether oxygens (including phenoxy) is 1. The summed E-state index contributed by atoms with van der Waals surface area (Å²) in [6, 6.07) is 27.9. The number of likely N-dealkylation sites (tertiary alicyclic amines) is 1. The van der Waals surface area contributed by atoms with Crippen molar-refractivity contribution in [2.75, 3.05) is 20.1 Å². The normalized spacial score (nSPS) is 16.5. The average molecular weight is 411 g/mol. The summed E-state index contributed by atoms with van der Waals surface area (Å²) in [5.74, 6) is 1.56. The molecule has 0 spiro atoms. The summed E-state index contributed by atoms with van der Waals surface area (Å²) >= 11 is 0. The fourth-order valence-corrected chi connectivity index (χ4v) is 4.73. The van der Waals surface area contributed by atoms with Crippen LogP contribution in [0.3, 0.4) is 0 Å². The monoisotopic (exact) mass is 410 g/mol. The molecule has 1 aromatic heterocycles. The Balaban J connectivity index is 1.38. The largest absolute Gasteiger partial charge is 0.484 e. The van der Waals surface area contributed by atoms with Gasteiger partial charge in [-0.3, -0.25) is 0 Å². The first-order valence-corrected chi connectivity index (χ1v) is 11.3. The fraction of sp³-hybridized carbons (Fsp3) is 0.286. The highest BCUT2D eigenvalue weighted by molar-refractivity contribution is 5.87. The maximum absolute atomic E-state index is 6.38. The Morgan fingerprint density at radius 2 is 1.71 bits per heavy atom. The Kier molecular flexibility index (Phi) is 5.52. The Bertz CT molecular complexity index is 1160. The first-order chi connectivity index (χ1) is 15.2. The first kappa shape index (κ1) is 19.9. The number of nitrogens with one attached hydrogen (secondary N) is 1. The van der Waals surface area contributed by atoms with Gasteiger partial charge in [-0.1, -0.05) is 54.6 Å². The van der Waals surface area contributed by atoms with E-state index in [9.17, 15) is 0 Å². The highest BCUT2D eigenvalue weighted by atomic mass is 16.5. The molecule has 3 aromatic carbocycles. The van der Waals surface area contributed by atoms with Gasteiger partial charge in [0.05, 0.1) is 5.69 Å². The van der Waals surface area contributed by atoms with Gasteiger partial charge in [0.1, 0.15) is 11.9 Å². The van der Waals surface area contributed by atoms with Crippen LogP contribution in [0.1, 0.15) is 43.0 Å². The summed E-state index contributed by atoms with van der Waals surface area (Å²) in [7, 11) is 2.22. The van der Waals surface area contributed by atoms with Crippen LogP contribution >= 0.6 is 0 Å². The second-order valence-corrected chi connectivity index (χ2v) is 8.76. The van der Waals surface area contributed by atoms with Crippen molar-refractivity contribution in [3.8, 4) is 17.0 Å². The molecule has 1 fully saturated rings. The van der Waals surface area contributed by atoms with E-state index in [1.807, 2.05) is 6.07 Å². The quantitative estimate of drug-likeness (QED) is 0.392. The third-order valence-corrected chi connectivity index (χ3v) is 6.59. The second kappa shape index (κ2) is 8.60. The van der Waals surface area contributed by atoms with Gasteiger partial charge >= 0.3 is 0 Å². The van der Waals surface area contributed by atoms with E-state index in [1.165, 1.54) is 47.8 Å². The highest BCUT2D eigenvalue weighted by Crippen LogP contribution is 2.35. The topological polar surface area (TPSA) is 28.3 Å². The summed E-state index contributed by atoms with van der Waals surface area (Å²) in [4.78, 5) is 5.95.